The number of carbonyl (C=O) groups is 1. The molecule has 0 radical (unpaired) electrons. The van der Waals surface area contributed by atoms with Crippen LogP contribution in [0.15, 0.2) is 72.9 Å². The number of hydrogen-bond donors (Lipinski definition) is 2. The van der Waals surface area contributed by atoms with E-state index in [-0.39, 0.29) is 6.03 Å². The number of nitrogens with zero attached hydrogens (tertiary/aromatic N) is 2. The first-order valence-electron chi connectivity index (χ1n) is 10.2. The molecule has 6 nitrogen and oxygen atoms in total. The van der Waals surface area contributed by atoms with Crippen LogP contribution in [-0.4, -0.2) is 37.3 Å². The van der Waals surface area contributed by atoms with Crippen molar-refractivity contribution >= 4 is 17.5 Å². The zero-order valence-corrected chi connectivity index (χ0v) is 16.9. The number of morpholine rings is 1. The molecule has 0 spiro atoms. The minimum absolute atomic E-state index is 0.222. The lowest BCUT2D eigenvalue weighted by Gasteiger charge is -2.28. The van der Waals surface area contributed by atoms with E-state index in [0.717, 1.165) is 55.4 Å². The monoisotopic (exact) mass is 402 g/mol. The average molecular weight is 402 g/mol. The minimum Gasteiger partial charge on any atom is -0.378 e. The molecule has 154 valence electrons. The number of hydrogen-bond acceptors (Lipinski definition) is 4. The van der Waals surface area contributed by atoms with Gasteiger partial charge in [-0.1, -0.05) is 48.5 Å². The SMILES string of the molecule is O=C(NCc1ccnc(N2CCOCC2)c1)Nc1ccccc1Cc1ccccc1. The van der Waals surface area contributed by atoms with E-state index in [2.05, 4.69) is 32.7 Å². The summed E-state index contributed by atoms with van der Waals surface area (Å²) in [5.74, 6) is 0.922. The average Bonchev–Trinajstić information content (AvgIpc) is 2.80. The molecule has 1 fully saturated rings. The second-order valence-corrected chi connectivity index (χ2v) is 7.25. The van der Waals surface area contributed by atoms with Crippen molar-refractivity contribution in [2.75, 3.05) is 36.5 Å². The lowest BCUT2D eigenvalue weighted by atomic mass is 10.0. The van der Waals surface area contributed by atoms with Crippen LogP contribution in [0.3, 0.4) is 0 Å². The molecule has 0 atom stereocenters. The van der Waals surface area contributed by atoms with Crippen LogP contribution in [0.4, 0.5) is 16.3 Å². The Kier molecular flexibility index (Phi) is 6.57. The van der Waals surface area contributed by atoms with Gasteiger partial charge in [0.2, 0.25) is 0 Å². The van der Waals surface area contributed by atoms with Crippen molar-refractivity contribution in [2.45, 2.75) is 13.0 Å². The van der Waals surface area contributed by atoms with Gasteiger partial charge in [-0.25, -0.2) is 9.78 Å². The molecular formula is C24H26N4O2. The molecule has 4 rings (SSSR count). The number of benzene rings is 2. The van der Waals surface area contributed by atoms with Gasteiger partial charge in [-0.3, -0.25) is 0 Å². The fraction of sp³-hybridized carbons (Fsp3) is 0.250. The lowest BCUT2D eigenvalue weighted by Crippen LogP contribution is -2.36. The minimum atomic E-state index is -0.222. The highest BCUT2D eigenvalue weighted by Crippen LogP contribution is 2.19. The van der Waals surface area contributed by atoms with Gasteiger partial charge in [0, 0.05) is 31.5 Å². The van der Waals surface area contributed by atoms with Crippen molar-refractivity contribution in [3.05, 3.63) is 89.6 Å². The summed E-state index contributed by atoms with van der Waals surface area (Å²) >= 11 is 0. The van der Waals surface area contributed by atoms with Crippen molar-refractivity contribution in [3.8, 4) is 0 Å². The Morgan fingerprint density at radius 3 is 2.57 bits per heavy atom. The van der Waals surface area contributed by atoms with Gasteiger partial charge in [0.15, 0.2) is 0 Å². The van der Waals surface area contributed by atoms with Crippen LogP contribution in [0.25, 0.3) is 0 Å². The van der Waals surface area contributed by atoms with Crippen LogP contribution < -0.4 is 15.5 Å². The number of nitrogens with one attached hydrogen (secondary N) is 2. The fourth-order valence-corrected chi connectivity index (χ4v) is 3.50. The van der Waals surface area contributed by atoms with E-state index in [1.165, 1.54) is 5.56 Å². The number of carbonyl (C=O) groups excluding carboxylic acids is 1. The molecule has 30 heavy (non-hydrogen) atoms. The van der Waals surface area contributed by atoms with Gasteiger partial charge in [0.05, 0.1) is 13.2 Å². The zero-order chi connectivity index (χ0) is 20.6. The number of ether oxygens (including phenoxy) is 1. The molecule has 1 aliphatic rings. The van der Waals surface area contributed by atoms with E-state index in [1.54, 1.807) is 6.20 Å². The second kappa shape index (κ2) is 9.89. The second-order valence-electron chi connectivity index (χ2n) is 7.25. The normalized spacial score (nSPS) is 13.7. The summed E-state index contributed by atoms with van der Waals surface area (Å²) in [6.07, 6.45) is 2.55. The Bertz CT molecular complexity index is 972. The van der Waals surface area contributed by atoms with Gasteiger partial charge in [-0.2, -0.15) is 0 Å². The molecule has 0 aliphatic carbocycles. The summed E-state index contributed by atoms with van der Waals surface area (Å²) in [7, 11) is 0. The predicted molar refractivity (Wildman–Crippen MR) is 119 cm³/mol. The molecular weight excluding hydrogens is 376 g/mol. The molecule has 1 aliphatic heterocycles. The van der Waals surface area contributed by atoms with Crippen LogP contribution >= 0.6 is 0 Å². The smallest absolute Gasteiger partial charge is 0.319 e. The molecule has 0 saturated carbocycles. The Balaban J connectivity index is 1.35. The Morgan fingerprint density at radius 1 is 0.967 bits per heavy atom. The van der Waals surface area contributed by atoms with Crippen LogP contribution in [0, 0.1) is 0 Å². The highest BCUT2D eigenvalue weighted by atomic mass is 16.5. The van der Waals surface area contributed by atoms with E-state index in [1.807, 2.05) is 54.6 Å². The highest BCUT2D eigenvalue weighted by molar-refractivity contribution is 5.90. The number of pyridine rings is 1. The Morgan fingerprint density at radius 2 is 1.73 bits per heavy atom. The summed E-state index contributed by atoms with van der Waals surface area (Å²) in [4.78, 5) is 19.2. The first kappa shape index (κ1) is 19.9. The number of anilines is 2. The van der Waals surface area contributed by atoms with Gasteiger partial charge in [-0.15, -0.1) is 0 Å². The maximum absolute atomic E-state index is 12.5. The van der Waals surface area contributed by atoms with Crippen molar-refractivity contribution in [1.29, 1.82) is 0 Å². The van der Waals surface area contributed by atoms with E-state index >= 15 is 0 Å². The van der Waals surface area contributed by atoms with Gasteiger partial charge in [0.1, 0.15) is 5.82 Å². The third-order valence-electron chi connectivity index (χ3n) is 5.10. The van der Waals surface area contributed by atoms with Crippen molar-refractivity contribution in [1.82, 2.24) is 10.3 Å². The first-order chi connectivity index (χ1) is 14.8. The van der Waals surface area contributed by atoms with Gasteiger partial charge < -0.3 is 20.3 Å². The van der Waals surface area contributed by atoms with Gasteiger partial charge in [-0.05, 0) is 41.3 Å². The summed E-state index contributed by atoms with van der Waals surface area (Å²) in [6, 6.07) is 21.9. The number of urea groups is 1. The topological polar surface area (TPSA) is 66.5 Å². The molecule has 2 aromatic carbocycles. The highest BCUT2D eigenvalue weighted by Gasteiger charge is 2.13. The molecule has 0 unspecified atom stereocenters. The third-order valence-corrected chi connectivity index (χ3v) is 5.10. The molecule has 1 saturated heterocycles. The standard InChI is InChI=1S/C24H26N4O2/c29-24(26-18-20-10-11-25-23(17-20)28-12-14-30-15-13-28)27-22-9-5-4-8-21(22)16-19-6-2-1-3-7-19/h1-11,17H,12-16,18H2,(H2,26,27,29). The van der Waals surface area contributed by atoms with E-state index in [4.69, 9.17) is 4.74 Å². The number of rotatable bonds is 6. The fourth-order valence-electron chi connectivity index (χ4n) is 3.50. The maximum Gasteiger partial charge on any atom is 0.319 e. The number of amides is 2. The molecule has 2 heterocycles. The van der Waals surface area contributed by atoms with E-state index < -0.39 is 0 Å². The number of aromatic nitrogens is 1. The largest absolute Gasteiger partial charge is 0.378 e. The van der Waals surface area contributed by atoms with Crippen LogP contribution in [0.5, 0.6) is 0 Å². The first-order valence-corrected chi connectivity index (χ1v) is 10.2. The summed E-state index contributed by atoms with van der Waals surface area (Å²) in [6.45, 7) is 3.54. The molecule has 2 amide bonds. The molecule has 3 aromatic rings. The Hall–Kier alpha value is -3.38. The zero-order valence-electron chi connectivity index (χ0n) is 16.9. The van der Waals surface area contributed by atoms with Crippen molar-refractivity contribution < 1.29 is 9.53 Å². The quantitative estimate of drug-likeness (QED) is 0.658. The van der Waals surface area contributed by atoms with Gasteiger partial charge in [0.25, 0.3) is 0 Å². The van der Waals surface area contributed by atoms with Crippen molar-refractivity contribution in [3.63, 3.8) is 0 Å². The van der Waals surface area contributed by atoms with Crippen molar-refractivity contribution in [2.24, 2.45) is 0 Å². The van der Waals surface area contributed by atoms with E-state index in [9.17, 15) is 4.79 Å². The van der Waals surface area contributed by atoms with E-state index in [0.29, 0.717) is 6.54 Å². The predicted octanol–water partition coefficient (Wildman–Crippen LogP) is 3.83. The van der Waals surface area contributed by atoms with Crippen LogP contribution in [0.1, 0.15) is 16.7 Å². The molecule has 0 bridgehead atoms. The van der Waals surface area contributed by atoms with Gasteiger partial charge >= 0.3 is 6.03 Å². The maximum atomic E-state index is 12.5. The van der Waals surface area contributed by atoms with Crippen LogP contribution in [-0.2, 0) is 17.7 Å². The van der Waals surface area contributed by atoms with Crippen LogP contribution in [0.2, 0.25) is 0 Å². The molecule has 2 N–H and O–H groups in total. The molecule has 1 aromatic heterocycles. The summed E-state index contributed by atoms with van der Waals surface area (Å²) in [5, 5.41) is 5.93. The lowest BCUT2D eigenvalue weighted by molar-refractivity contribution is 0.122. The summed E-state index contributed by atoms with van der Waals surface area (Å²) in [5.41, 5.74) is 4.12. The number of para-hydroxylation sites is 1. The third kappa shape index (κ3) is 5.36. The Labute approximate surface area is 176 Å². The molecule has 6 heteroatoms. The summed E-state index contributed by atoms with van der Waals surface area (Å²) < 4.78 is 5.40.